The SMILES string of the molecule is C[Se]P=O. The monoisotopic (exact) mass is 142 g/mol. The summed E-state index contributed by atoms with van der Waals surface area (Å²) in [6.07, 6.45) is 0. The van der Waals surface area contributed by atoms with Gasteiger partial charge in [0.25, 0.3) is 0 Å². The van der Waals surface area contributed by atoms with Crippen molar-refractivity contribution >= 4 is 21.7 Å². The fraction of sp³-hybridized carbons (Fsp3) is 1.00. The van der Waals surface area contributed by atoms with Crippen LogP contribution in [0, 0.1) is 0 Å². The van der Waals surface area contributed by atoms with Crippen LogP contribution in [0.25, 0.3) is 0 Å². The standard InChI is InChI=1S/CH3OPSe/c1-4-3-2/h1H3. The van der Waals surface area contributed by atoms with Crippen molar-refractivity contribution < 1.29 is 4.57 Å². The van der Waals surface area contributed by atoms with Gasteiger partial charge in [-0.05, 0) is 0 Å². The molecule has 0 saturated heterocycles. The van der Waals surface area contributed by atoms with E-state index >= 15 is 0 Å². The Labute approximate surface area is 32.7 Å². The van der Waals surface area contributed by atoms with Crippen LogP contribution < -0.4 is 0 Å². The van der Waals surface area contributed by atoms with Gasteiger partial charge in [-0.2, -0.15) is 0 Å². The Morgan fingerprint density at radius 3 is 2.25 bits per heavy atom. The first kappa shape index (κ1) is 4.62. The zero-order valence-corrected chi connectivity index (χ0v) is 4.87. The molecular weight excluding hydrogens is 138 g/mol. The number of rotatable bonds is 1. The fourth-order valence-corrected chi connectivity index (χ4v) is 0. The second-order valence-electron chi connectivity index (χ2n) is 0.257. The van der Waals surface area contributed by atoms with Crippen LogP contribution in [0.4, 0.5) is 0 Å². The number of hydrogen-bond donors (Lipinski definition) is 0. The molecule has 0 N–H and O–H groups in total. The average molecular weight is 141 g/mol. The van der Waals surface area contributed by atoms with Gasteiger partial charge in [0, 0.05) is 0 Å². The summed E-state index contributed by atoms with van der Waals surface area (Å²) in [6, 6.07) is 0. The molecule has 0 aliphatic carbocycles. The predicted molar refractivity (Wildman–Crippen MR) is 19.2 cm³/mol. The Morgan fingerprint density at radius 2 is 2.25 bits per heavy atom. The molecule has 1 nitrogen and oxygen atoms in total. The summed E-state index contributed by atoms with van der Waals surface area (Å²) in [5, 5.41) is 0. The van der Waals surface area contributed by atoms with Crippen LogP contribution in [0.3, 0.4) is 0 Å². The molecule has 0 fully saturated rings. The van der Waals surface area contributed by atoms with E-state index in [1.165, 1.54) is 0 Å². The maximum atomic E-state index is 9.30. The van der Waals surface area contributed by atoms with Crippen molar-refractivity contribution in [2.45, 2.75) is 5.82 Å². The van der Waals surface area contributed by atoms with Gasteiger partial charge >= 0.3 is 32.1 Å². The Hall–Kier alpha value is 0.619. The van der Waals surface area contributed by atoms with E-state index in [0.29, 0.717) is 21.7 Å². The molecule has 0 heterocycles. The van der Waals surface area contributed by atoms with Gasteiger partial charge in [-0.15, -0.1) is 0 Å². The van der Waals surface area contributed by atoms with Crippen LogP contribution in [0.2, 0.25) is 5.82 Å². The van der Waals surface area contributed by atoms with Gasteiger partial charge in [-0.1, -0.05) is 0 Å². The molecule has 0 aromatic carbocycles. The molecule has 24 valence electrons. The van der Waals surface area contributed by atoms with Gasteiger partial charge in [0.15, 0.2) is 0 Å². The molecule has 0 radical (unpaired) electrons. The zero-order valence-electron chi connectivity index (χ0n) is 2.26. The molecule has 0 bridgehead atoms. The Kier molecular flexibility index (Phi) is 4.18. The summed E-state index contributed by atoms with van der Waals surface area (Å²) in [5.74, 6) is 1.92. The van der Waals surface area contributed by atoms with E-state index in [9.17, 15) is 4.57 Å². The van der Waals surface area contributed by atoms with E-state index < -0.39 is 0 Å². The number of hydrogen-bond acceptors (Lipinski definition) is 1. The second-order valence-corrected chi connectivity index (χ2v) is 4.01. The Bertz CT molecular complexity index is 22.0. The van der Waals surface area contributed by atoms with Gasteiger partial charge in [0.2, 0.25) is 0 Å². The van der Waals surface area contributed by atoms with Crippen molar-refractivity contribution in [3.8, 4) is 0 Å². The molecule has 0 saturated carbocycles. The molecule has 0 aromatic heterocycles. The molecule has 0 aliphatic heterocycles. The molecular formula is CH3OPSe. The molecule has 0 aliphatic rings. The van der Waals surface area contributed by atoms with Gasteiger partial charge < -0.3 is 0 Å². The van der Waals surface area contributed by atoms with Crippen molar-refractivity contribution in [3.05, 3.63) is 0 Å². The van der Waals surface area contributed by atoms with E-state index in [2.05, 4.69) is 0 Å². The maximum absolute atomic E-state index is 9.30. The van der Waals surface area contributed by atoms with Crippen LogP contribution in [-0.4, -0.2) is 14.5 Å². The van der Waals surface area contributed by atoms with Crippen LogP contribution in [0.5, 0.6) is 0 Å². The molecule has 0 rings (SSSR count). The summed E-state index contributed by atoms with van der Waals surface area (Å²) in [7, 11) is 0.311. The van der Waals surface area contributed by atoms with E-state index in [4.69, 9.17) is 0 Å². The minimum absolute atomic E-state index is 0.311. The first-order chi connectivity index (χ1) is 1.91. The molecule has 3 heteroatoms. The fourth-order valence-electron chi connectivity index (χ4n) is 0. The predicted octanol–water partition coefficient (Wildman–Crippen LogP) is 0.945. The van der Waals surface area contributed by atoms with Gasteiger partial charge in [0.1, 0.15) is 0 Å². The quantitative estimate of drug-likeness (QED) is 0.392. The summed E-state index contributed by atoms with van der Waals surface area (Å²) in [5.41, 5.74) is 0. The van der Waals surface area contributed by atoms with E-state index in [0.717, 1.165) is 0 Å². The van der Waals surface area contributed by atoms with Crippen LogP contribution in [0.15, 0.2) is 0 Å². The third kappa shape index (κ3) is 2.62. The first-order valence-corrected chi connectivity index (χ1v) is 5.52. The molecule has 0 unspecified atom stereocenters. The van der Waals surface area contributed by atoms with Crippen LogP contribution in [0.1, 0.15) is 0 Å². The van der Waals surface area contributed by atoms with Crippen molar-refractivity contribution in [2.75, 3.05) is 0 Å². The first-order valence-electron chi connectivity index (χ1n) is 0.773. The van der Waals surface area contributed by atoms with Gasteiger partial charge in [-0.3, -0.25) is 0 Å². The molecule has 0 atom stereocenters. The summed E-state index contributed by atoms with van der Waals surface area (Å²) >= 11 is 0.333. The third-order valence-corrected chi connectivity index (χ3v) is 1.16. The molecule has 0 aromatic rings. The van der Waals surface area contributed by atoms with Crippen molar-refractivity contribution in [1.82, 2.24) is 0 Å². The molecule has 4 heavy (non-hydrogen) atoms. The third-order valence-electron chi connectivity index (χ3n) is 0.0745. The average Bonchev–Trinajstić information content (AvgIpc) is 1.37. The Balaban J connectivity index is 2.30. The van der Waals surface area contributed by atoms with E-state index in [1.807, 2.05) is 5.82 Å². The van der Waals surface area contributed by atoms with Crippen molar-refractivity contribution in [3.63, 3.8) is 0 Å². The van der Waals surface area contributed by atoms with Crippen molar-refractivity contribution in [1.29, 1.82) is 0 Å². The topological polar surface area (TPSA) is 17.1 Å². The van der Waals surface area contributed by atoms with Gasteiger partial charge in [0.05, 0.1) is 0 Å². The van der Waals surface area contributed by atoms with Crippen molar-refractivity contribution in [2.24, 2.45) is 0 Å². The summed E-state index contributed by atoms with van der Waals surface area (Å²) in [4.78, 5) is 0. The Morgan fingerprint density at radius 1 is 2.00 bits per heavy atom. The minimum atomic E-state index is 0.311. The van der Waals surface area contributed by atoms with E-state index in [1.54, 1.807) is 0 Å². The molecule has 0 spiro atoms. The molecule has 0 amide bonds. The van der Waals surface area contributed by atoms with E-state index in [-0.39, 0.29) is 0 Å². The second kappa shape index (κ2) is 3.62. The zero-order chi connectivity index (χ0) is 3.41. The normalized spacial score (nSPS) is 8.25. The van der Waals surface area contributed by atoms with Gasteiger partial charge in [-0.25, -0.2) is 0 Å². The summed E-state index contributed by atoms with van der Waals surface area (Å²) in [6.45, 7) is 0. The summed E-state index contributed by atoms with van der Waals surface area (Å²) < 4.78 is 9.30. The van der Waals surface area contributed by atoms with Crippen LogP contribution in [-0.2, 0) is 4.57 Å². The van der Waals surface area contributed by atoms with Crippen LogP contribution >= 0.6 is 7.15 Å².